The number of carbonyl (C=O) groups is 1. The van der Waals surface area contributed by atoms with Crippen LogP contribution < -0.4 is 0 Å². The lowest BCUT2D eigenvalue weighted by atomic mass is 10.1. The Hall–Kier alpha value is -2.49. The molecule has 1 aromatic carbocycles. The molecule has 2 heterocycles. The number of hydrogen-bond donors (Lipinski definition) is 0. The number of furan rings is 1. The van der Waals surface area contributed by atoms with Gasteiger partial charge < -0.3 is 13.9 Å². The van der Waals surface area contributed by atoms with Gasteiger partial charge in [-0.05, 0) is 36.1 Å². The number of carbonyl (C=O) groups excluding carboxylic acids is 1. The molecule has 3 aromatic rings. The largest absolute Gasteiger partial charge is 0.459 e. The third-order valence-corrected chi connectivity index (χ3v) is 5.20. The number of aryl methyl sites for hydroxylation is 1. The molecule has 0 bridgehead atoms. The maximum Gasteiger partial charge on any atom is 0.289 e. The molecule has 2 aromatic heterocycles. The van der Waals surface area contributed by atoms with Gasteiger partial charge in [0.15, 0.2) is 5.76 Å². The zero-order valence-electron chi connectivity index (χ0n) is 16.5. The lowest BCUT2D eigenvalue weighted by Gasteiger charge is -2.22. The molecule has 0 saturated heterocycles. The van der Waals surface area contributed by atoms with Crippen molar-refractivity contribution < 1.29 is 9.21 Å². The van der Waals surface area contributed by atoms with Crippen molar-refractivity contribution in [3.8, 4) is 0 Å². The Morgan fingerprint density at radius 2 is 1.81 bits per heavy atom. The quantitative estimate of drug-likeness (QED) is 0.427. The highest BCUT2D eigenvalue weighted by atomic mass is 16.3. The van der Waals surface area contributed by atoms with Gasteiger partial charge in [0.25, 0.3) is 5.91 Å². The third kappa shape index (κ3) is 4.82. The van der Waals surface area contributed by atoms with Crippen molar-refractivity contribution in [2.45, 2.75) is 52.0 Å². The second-order valence-electron chi connectivity index (χ2n) is 7.23. The Morgan fingerprint density at radius 3 is 2.56 bits per heavy atom. The highest BCUT2D eigenvalue weighted by Gasteiger charge is 2.20. The first kappa shape index (κ1) is 19.3. The summed E-state index contributed by atoms with van der Waals surface area (Å²) < 4.78 is 7.54. The van der Waals surface area contributed by atoms with Crippen molar-refractivity contribution in [1.29, 1.82) is 0 Å². The fraction of sp³-hybridized carbons (Fsp3) is 0.435. The molecule has 0 aliphatic heterocycles. The van der Waals surface area contributed by atoms with E-state index in [1.165, 1.54) is 36.6 Å². The number of benzene rings is 1. The zero-order valence-corrected chi connectivity index (χ0v) is 16.5. The lowest BCUT2D eigenvalue weighted by molar-refractivity contribution is 0.0704. The second kappa shape index (κ2) is 9.45. The number of para-hydroxylation sites is 1. The number of rotatable bonds is 10. The summed E-state index contributed by atoms with van der Waals surface area (Å²) in [6, 6.07) is 14.0. The lowest BCUT2D eigenvalue weighted by Crippen LogP contribution is -2.32. The number of amides is 1. The zero-order chi connectivity index (χ0) is 19.1. The standard InChI is InChI=1S/C23H30N2O2/c1-3-4-5-6-7-10-15-25(23(26)22-14-11-16-27-22)18-20-17-19-12-8-9-13-21(19)24(20)2/h8-9,11-14,16-17H,3-7,10,15,18H2,1-2H3. The van der Waals surface area contributed by atoms with Crippen LogP contribution in [0.25, 0.3) is 10.9 Å². The minimum Gasteiger partial charge on any atom is -0.459 e. The molecule has 0 unspecified atom stereocenters. The summed E-state index contributed by atoms with van der Waals surface area (Å²) in [6.07, 6.45) is 8.83. The molecule has 0 fully saturated rings. The van der Waals surface area contributed by atoms with E-state index >= 15 is 0 Å². The molecule has 0 aliphatic rings. The van der Waals surface area contributed by atoms with Gasteiger partial charge in [-0.3, -0.25) is 4.79 Å². The van der Waals surface area contributed by atoms with Crippen LogP contribution in [0.1, 0.15) is 61.7 Å². The van der Waals surface area contributed by atoms with Crippen LogP contribution in [0.4, 0.5) is 0 Å². The van der Waals surface area contributed by atoms with Gasteiger partial charge in [0.2, 0.25) is 0 Å². The van der Waals surface area contributed by atoms with E-state index in [9.17, 15) is 4.79 Å². The minimum atomic E-state index is -0.0289. The molecule has 0 spiro atoms. The number of hydrogen-bond acceptors (Lipinski definition) is 2. The molecule has 144 valence electrons. The molecular weight excluding hydrogens is 336 g/mol. The van der Waals surface area contributed by atoms with Gasteiger partial charge in [-0.1, -0.05) is 57.2 Å². The summed E-state index contributed by atoms with van der Waals surface area (Å²) in [4.78, 5) is 14.8. The Balaban J connectivity index is 1.70. The van der Waals surface area contributed by atoms with E-state index < -0.39 is 0 Å². The third-order valence-electron chi connectivity index (χ3n) is 5.20. The molecule has 0 aliphatic carbocycles. The van der Waals surface area contributed by atoms with E-state index in [1.54, 1.807) is 18.4 Å². The predicted molar refractivity (Wildman–Crippen MR) is 110 cm³/mol. The molecule has 0 N–H and O–H groups in total. The highest BCUT2D eigenvalue weighted by Crippen LogP contribution is 2.21. The Kier molecular flexibility index (Phi) is 6.74. The van der Waals surface area contributed by atoms with Gasteiger partial charge in [0.1, 0.15) is 0 Å². The van der Waals surface area contributed by atoms with Crippen molar-refractivity contribution in [2.24, 2.45) is 7.05 Å². The second-order valence-corrected chi connectivity index (χ2v) is 7.23. The summed E-state index contributed by atoms with van der Waals surface area (Å²) in [5.41, 5.74) is 2.33. The van der Waals surface area contributed by atoms with Gasteiger partial charge in [-0.2, -0.15) is 0 Å². The summed E-state index contributed by atoms with van der Waals surface area (Å²) >= 11 is 0. The maximum absolute atomic E-state index is 12.9. The summed E-state index contributed by atoms with van der Waals surface area (Å²) in [5.74, 6) is 0.388. The summed E-state index contributed by atoms with van der Waals surface area (Å²) in [5, 5.41) is 1.21. The molecular formula is C23H30N2O2. The van der Waals surface area contributed by atoms with Crippen molar-refractivity contribution >= 4 is 16.8 Å². The summed E-state index contributed by atoms with van der Waals surface area (Å²) in [6.45, 7) is 3.58. The minimum absolute atomic E-state index is 0.0289. The normalized spacial score (nSPS) is 11.2. The molecule has 0 atom stereocenters. The van der Waals surface area contributed by atoms with Crippen molar-refractivity contribution in [1.82, 2.24) is 9.47 Å². The molecule has 0 saturated carbocycles. The van der Waals surface area contributed by atoms with Crippen molar-refractivity contribution in [3.05, 3.63) is 60.2 Å². The number of unbranched alkanes of at least 4 members (excludes halogenated alkanes) is 5. The fourth-order valence-corrected chi connectivity index (χ4v) is 3.58. The SMILES string of the molecule is CCCCCCCCN(Cc1cc2ccccc2n1C)C(=O)c1ccco1. The molecule has 4 nitrogen and oxygen atoms in total. The van der Waals surface area contributed by atoms with Gasteiger partial charge in [-0.15, -0.1) is 0 Å². The van der Waals surface area contributed by atoms with Crippen LogP contribution in [0.5, 0.6) is 0 Å². The average Bonchev–Trinajstić information content (AvgIpc) is 3.32. The Bertz CT molecular complexity index is 849. The first-order valence-electron chi connectivity index (χ1n) is 10.1. The first-order chi connectivity index (χ1) is 13.2. The number of aromatic nitrogens is 1. The van der Waals surface area contributed by atoms with Crippen LogP contribution in [-0.2, 0) is 13.6 Å². The Labute approximate surface area is 161 Å². The van der Waals surface area contributed by atoms with Gasteiger partial charge in [-0.25, -0.2) is 0 Å². The van der Waals surface area contributed by atoms with Gasteiger partial charge >= 0.3 is 0 Å². The Morgan fingerprint density at radius 1 is 1.04 bits per heavy atom. The molecule has 3 rings (SSSR count). The van der Waals surface area contributed by atoms with Crippen LogP contribution in [0.3, 0.4) is 0 Å². The van der Waals surface area contributed by atoms with E-state index in [2.05, 4.69) is 36.7 Å². The van der Waals surface area contributed by atoms with E-state index in [0.717, 1.165) is 25.1 Å². The van der Waals surface area contributed by atoms with Crippen molar-refractivity contribution in [2.75, 3.05) is 6.54 Å². The van der Waals surface area contributed by atoms with Gasteiger partial charge in [0, 0.05) is 24.8 Å². The first-order valence-corrected chi connectivity index (χ1v) is 10.1. The highest BCUT2D eigenvalue weighted by molar-refractivity contribution is 5.91. The molecule has 0 radical (unpaired) electrons. The fourth-order valence-electron chi connectivity index (χ4n) is 3.58. The molecule has 1 amide bonds. The van der Waals surface area contributed by atoms with Crippen LogP contribution in [-0.4, -0.2) is 21.9 Å². The topological polar surface area (TPSA) is 38.4 Å². The molecule has 4 heteroatoms. The maximum atomic E-state index is 12.9. The molecule has 27 heavy (non-hydrogen) atoms. The van der Waals surface area contributed by atoms with E-state index in [1.807, 2.05) is 17.0 Å². The summed E-state index contributed by atoms with van der Waals surface area (Å²) in [7, 11) is 2.07. The smallest absolute Gasteiger partial charge is 0.289 e. The van der Waals surface area contributed by atoms with E-state index in [0.29, 0.717) is 12.3 Å². The van der Waals surface area contributed by atoms with Crippen LogP contribution in [0.2, 0.25) is 0 Å². The van der Waals surface area contributed by atoms with Crippen LogP contribution in [0, 0.1) is 0 Å². The monoisotopic (exact) mass is 366 g/mol. The number of nitrogens with zero attached hydrogens (tertiary/aromatic N) is 2. The number of fused-ring (bicyclic) bond motifs is 1. The predicted octanol–water partition coefficient (Wildman–Crippen LogP) is 5.77. The van der Waals surface area contributed by atoms with E-state index in [4.69, 9.17) is 4.42 Å². The average molecular weight is 367 g/mol. The van der Waals surface area contributed by atoms with E-state index in [-0.39, 0.29) is 5.91 Å². The van der Waals surface area contributed by atoms with Crippen LogP contribution >= 0.6 is 0 Å². The van der Waals surface area contributed by atoms with Crippen molar-refractivity contribution in [3.63, 3.8) is 0 Å². The van der Waals surface area contributed by atoms with Gasteiger partial charge in [0.05, 0.1) is 12.8 Å². The van der Waals surface area contributed by atoms with Crippen LogP contribution in [0.15, 0.2) is 53.1 Å².